The van der Waals surface area contributed by atoms with Crippen LogP contribution in [0.15, 0.2) is 23.8 Å². The molecule has 152 valence electrons. The van der Waals surface area contributed by atoms with E-state index in [2.05, 4.69) is 35.9 Å². The Bertz CT molecular complexity index is 836. The number of fused-ring (bicyclic) bond motifs is 2. The number of rotatable bonds is 6. The van der Waals surface area contributed by atoms with Gasteiger partial charge in [-0.15, -0.1) is 0 Å². The number of carbonyl (C=O) groups excluding carboxylic acids is 2. The fourth-order valence-electron chi connectivity index (χ4n) is 3.85. The Labute approximate surface area is 171 Å². The van der Waals surface area contributed by atoms with Crippen LogP contribution in [0, 0.1) is 45.8 Å². The van der Waals surface area contributed by atoms with E-state index >= 15 is 0 Å². The lowest BCUT2D eigenvalue weighted by atomic mass is 9.65. The van der Waals surface area contributed by atoms with Crippen LogP contribution in [0.4, 0.5) is 0 Å². The van der Waals surface area contributed by atoms with Crippen molar-refractivity contribution < 1.29 is 19.1 Å². The minimum atomic E-state index is -1.46. The summed E-state index contributed by atoms with van der Waals surface area (Å²) in [6.45, 7) is 6.65. The number of hydrogen-bond acceptors (Lipinski definition) is 7. The van der Waals surface area contributed by atoms with E-state index < -0.39 is 17.4 Å². The second kappa shape index (κ2) is 9.92. The minimum absolute atomic E-state index is 0.0100. The molecular formula is C22H25N3O4. The van der Waals surface area contributed by atoms with E-state index in [0.29, 0.717) is 11.1 Å². The van der Waals surface area contributed by atoms with Crippen LogP contribution in [0.2, 0.25) is 0 Å². The van der Waals surface area contributed by atoms with Crippen LogP contribution in [0.5, 0.6) is 0 Å². The molecule has 2 aliphatic rings. The van der Waals surface area contributed by atoms with Crippen LogP contribution < -0.4 is 5.32 Å². The number of ether oxygens (including phenoxy) is 2. The summed E-state index contributed by atoms with van der Waals surface area (Å²) < 4.78 is 9.90. The highest BCUT2D eigenvalue weighted by molar-refractivity contribution is 5.66. The van der Waals surface area contributed by atoms with Crippen LogP contribution >= 0.6 is 0 Å². The molecule has 2 bridgehead atoms. The molecule has 29 heavy (non-hydrogen) atoms. The monoisotopic (exact) mass is 395 g/mol. The highest BCUT2D eigenvalue weighted by atomic mass is 16.5. The van der Waals surface area contributed by atoms with E-state index in [-0.39, 0.29) is 37.6 Å². The number of hydrogen-bond donors (Lipinski definition) is 1. The zero-order valence-electron chi connectivity index (χ0n) is 16.8. The summed E-state index contributed by atoms with van der Waals surface area (Å²) >= 11 is 0. The molecule has 0 radical (unpaired) electrons. The van der Waals surface area contributed by atoms with Crippen LogP contribution in [0.1, 0.15) is 39.5 Å². The van der Waals surface area contributed by atoms with Crippen LogP contribution in [-0.4, -0.2) is 37.2 Å². The van der Waals surface area contributed by atoms with Crippen molar-refractivity contribution >= 4 is 11.9 Å². The Balaban J connectivity index is 2.34. The quantitative estimate of drug-likeness (QED) is 0.417. The number of carbonyl (C=O) groups is 2. The molecule has 7 nitrogen and oxygen atoms in total. The summed E-state index contributed by atoms with van der Waals surface area (Å²) in [7, 11) is 0. The molecule has 0 aliphatic carbocycles. The van der Waals surface area contributed by atoms with Gasteiger partial charge in [-0.2, -0.15) is 10.5 Å². The summed E-state index contributed by atoms with van der Waals surface area (Å²) in [5, 5.41) is 23.4. The van der Waals surface area contributed by atoms with E-state index in [0.717, 1.165) is 19.3 Å². The summed E-state index contributed by atoms with van der Waals surface area (Å²) in [4.78, 5) is 22.1. The van der Waals surface area contributed by atoms with Crippen molar-refractivity contribution in [3.63, 3.8) is 0 Å². The third-order valence-electron chi connectivity index (χ3n) is 5.18. The van der Waals surface area contributed by atoms with Crippen LogP contribution in [0.3, 0.4) is 0 Å². The molecule has 2 aliphatic heterocycles. The lowest BCUT2D eigenvalue weighted by Gasteiger charge is -2.44. The van der Waals surface area contributed by atoms with Gasteiger partial charge in [0.1, 0.15) is 6.61 Å². The van der Waals surface area contributed by atoms with Gasteiger partial charge in [-0.1, -0.05) is 24.5 Å². The first-order valence-electron chi connectivity index (χ1n) is 9.54. The molecule has 3 atom stereocenters. The topological polar surface area (TPSA) is 112 Å². The van der Waals surface area contributed by atoms with Crippen molar-refractivity contribution in [2.75, 3.05) is 13.2 Å². The SMILES string of the molecule is C=C(COC(C)=O)[C@@H]1C(C(C#N)(C#N)CC#CCOC(C)=O)=C[C@@H]2CCCC1N2. The number of esters is 2. The fraction of sp³-hybridized carbons (Fsp3) is 0.545. The summed E-state index contributed by atoms with van der Waals surface area (Å²) in [5.41, 5.74) is -0.148. The largest absolute Gasteiger partial charge is 0.461 e. The molecule has 1 saturated heterocycles. The highest BCUT2D eigenvalue weighted by Gasteiger charge is 2.46. The van der Waals surface area contributed by atoms with Crippen molar-refractivity contribution in [2.24, 2.45) is 11.3 Å². The van der Waals surface area contributed by atoms with Gasteiger partial charge in [-0.3, -0.25) is 9.59 Å². The zero-order chi connectivity index (χ0) is 21.4. The van der Waals surface area contributed by atoms with Gasteiger partial charge in [0.05, 0.1) is 12.1 Å². The first-order valence-corrected chi connectivity index (χ1v) is 9.54. The molecule has 0 spiro atoms. The molecule has 0 aromatic heterocycles. The maximum Gasteiger partial charge on any atom is 0.303 e. The van der Waals surface area contributed by atoms with Gasteiger partial charge in [-0.25, -0.2) is 0 Å². The number of nitriles is 2. The molecular weight excluding hydrogens is 370 g/mol. The minimum Gasteiger partial charge on any atom is -0.461 e. The average molecular weight is 395 g/mol. The number of nitrogens with zero attached hydrogens (tertiary/aromatic N) is 2. The van der Waals surface area contributed by atoms with E-state index in [1.54, 1.807) is 0 Å². The number of nitrogens with one attached hydrogen (secondary N) is 1. The van der Waals surface area contributed by atoms with Crippen molar-refractivity contribution in [3.05, 3.63) is 23.8 Å². The average Bonchev–Trinajstić information content (AvgIpc) is 2.69. The smallest absolute Gasteiger partial charge is 0.303 e. The number of piperidine rings is 1. The first kappa shape index (κ1) is 22.2. The van der Waals surface area contributed by atoms with E-state index in [1.807, 2.05) is 6.08 Å². The van der Waals surface area contributed by atoms with Crippen molar-refractivity contribution in [2.45, 2.75) is 51.6 Å². The van der Waals surface area contributed by atoms with Gasteiger partial charge in [0.15, 0.2) is 12.0 Å². The van der Waals surface area contributed by atoms with Gasteiger partial charge in [0, 0.05) is 38.3 Å². The zero-order valence-corrected chi connectivity index (χ0v) is 16.8. The van der Waals surface area contributed by atoms with E-state index in [4.69, 9.17) is 9.47 Å². The first-order chi connectivity index (χ1) is 13.8. The van der Waals surface area contributed by atoms with Gasteiger partial charge >= 0.3 is 11.9 Å². The predicted octanol–water partition coefficient (Wildman–Crippen LogP) is 2.16. The normalized spacial score (nSPS) is 22.6. The molecule has 0 aromatic rings. The maximum absolute atomic E-state index is 11.2. The summed E-state index contributed by atoms with van der Waals surface area (Å²) in [6.07, 6.45) is 4.76. The second-order valence-corrected chi connectivity index (χ2v) is 7.29. The standard InChI is InChI=1S/C22H25N3O4/c1-15(12-29-17(3)27)21-19(11-18-7-6-8-20(21)25-18)22(13-23,14-24)9-4-5-10-28-16(2)26/h11,18,20-21,25H,1,6-10,12H2,2-3H3/t18-,20?,21+/m0/s1. The van der Waals surface area contributed by atoms with Gasteiger partial charge < -0.3 is 14.8 Å². The Morgan fingerprint density at radius 3 is 2.52 bits per heavy atom. The molecule has 2 rings (SSSR count). The molecule has 1 fully saturated rings. The van der Waals surface area contributed by atoms with Gasteiger partial charge in [-0.05, 0) is 30.4 Å². The van der Waals surface area contributed by atoms with Gasteiger partial charge in [0.2, 0.25) is 0 Å². The maximum atomic E-state index is 11.2. The Morgan fingerprint density at radius 2 is 1.90 bits per heavy atom. The summed E-state index contributed by atoms with van der Waals surface area (Å²) in [6, 6.07) is 4.42. The molecule has 7 heteroatoms. The third-order valence-corrected chi connectivity index (χ3v) is 5.18. The van der Waals surface area contributed by atoms with Crippen molar-refractivity contribution in [3.8, 4) is 24.0 Å². The van der Waals surface area contributed by atoms with Crippen molar-refractivity contribution in [1.29, 1.82) is 10.5 Å². The Kier molecular flexibility index (Phi) is 7.59. The lowest BCUT2D eigenvalue weighted by Crippen LogP contribution is -2.52. The lowest BCUT2D eigenvalue weighted by molar-refractivity contribution is -0.140. The Morgan fingerprint density at radius 1 is 1.21 bits per heavy atom. The molecule has 2 heterocycles. The molecule has 0 saturated carbocycles. The molecule has 1 unspecified atom stereocenters. The molecule has 1 N–H and O–H groups in total. The second-order valence-electron chi connectivity index (χ2n) is 7.29. The predicted molar refractivity (Wildman–Crippen MR) is 105 cm³/mol. The summed E-state index contributed by atoms with van der Waals surface area (Å²) in [5.74, 6) is 4.33. The molecule has 0 aromatic carbocycles. The van der Waals surface area contributed by atoms with E-state index in [1.165, 1.54) is 13.8 Å². The highest BCUT2D eigenvalue weighted by Crippen LogP contribution is 2.44. The van der Waals surface area contributed by atoms with Crippen LogP contribution in [-0.2, 0) is 19.1 Å². The molecule has 0 amide bonds. The van der Waals surface area contributed by atoms with Crippen molar-refractivity contribution in [1.82, 2.24) is 5.32 Å². The van der Waals surface area contributed by atoms with Crippen LogP contribution in [0.25, 0.3) is 0 Å². The van der Waals surface area contributed by atoms with E-state index in [9.17, 15) is 20.1 Å². The fourth-order valence-corrected chi connectivity index (χ4v) is 3.85. The van der Waals surface area contributed by atoms with Gasteiger partial charge in [0.25, 0.3) is 0 Å². The Hall–Kier alpha value is -3.08. The third kappa shape index (κ3) is 5.47.